The molecule has 1 N–H and O–H groups in total. The fourth-order valence-corrected chi connectivity index (χ4v) is 6.96. The molecule has 1 atom stereocenters. The molecule has 46 heavy (non-hydrogen) atoms. The Morgan fingerprint density at radius 2 is 1.83 bits per heavy atom. The number of rotatable bonds is 9. The molecule has 0 radical (unpaired) electrons. The zero-order valence-corrected chi connectivity index (χ0v) is 28.8. The number of ether oxygens (including phenoxy) is 1. The fraction of sp³-hybridized carbons (Fsp3) is 0.571. The number of aliphatic imine (C=N–C) groups is 2. The van der Waals surface area contributed by atoms with Crippen LogP contribution in [0.15, 0.2) is 56.7 Å². The number of hydrogen-bond donors (Lipinski definition) is 1. The van der Waals surface area contributed by atoms with Crippen LogP contribution >= 0.6 is 11.6 Å². The zero-order chi connectivity index (χ0) is 33.3. The monoisotopic (exact) mass is 647 g/mol. The molecule has 5 rings (SSSR count). The molecule has 246 valence electrons. The van der Waals surface area contributed by atoms with Crippen LogP contribution in [-0.2, 0) is 4.79 Å². The van der Waals surface area contributed by atoms with E-state index in [4.69, 9.17) is 21.3 Å². The van der Waals surface area contributed by atoms with Crippen LogP contribution in [0.5, 0.6) is 5.88 Å². The predicted octanol–water partition coefficient (Wildman–Crippen LogP) is 7.43. The van der Waals surface area contributed by atoms with E-state index in [1.165, 1.54) is 7.11 Å². The molecule has 0 bridgehead atoms. The van der Waals surface area contributed by atoms with Gasteiger partial charge in [-0.1, -0.05) is 65.3 Å². The quantitative estimate of drug-likeness (QED) is 0.304. The van der Waals surface area contributed by atoms with Gasteiger partial charge in [0.05, 0.1) is 19.7 Å². The van der Waals surface area contributed by atoms with Crippen molar-refractivity contribution in [3.63, 3.8) is 0 Å². The molecule has 10 nitrogen and oxygen atoms in total. The molecule has 1 saturated carbocycles. The Hall–Kier alpha value is -3.66. The summed E-state index contributed by atoms with van der Waals surface area (Å²) in [5.74, 6) is 1.02. The van der Waals surface area contributed by atoms with Gasteiger partial charge in [-0.3, -0.25) is 14.6 Å². The molecule has 0 saturated heterocycles. The van der Waals surface area contributed by atoms with Crippen LogP contribution in [0.2, 0.25) is 5.02 Å². The Labute approximate surface area is 277 Å². The van der Waals surface area contributed by atoms with E-state index in [0.717, 1.165) is 44.1 Å². The van der Waals surface area contributed by atoms with Crippen molar-refractivity contribution >= 4 is 35.0 Å². The van der Waals surface area contributed by atoms with Crippen LogP contribution < -0.4 is 10.1 Å². The van der Waals surface area contributed by atoms with Gasteiger partial charge in [-0.2, -0.15) is 5.11 Å². The number of carbonyl (C=O) groups excluding carboxylic acids is 2. The lowest BCUT2D eigenvalue weighted by Gasteiger charge is -2.47. The van der Waals surface area contributed by atoms with Crippen molar-refractivity contribution in [1.29, 1.82) is 0 Å². The number of benzene rings is 1. The third kappa shape index (κ3) is 7.32. The molecule has 3 aliphatic rings. The molecule has 3 heterocycles. The van der Waals surface area contributed by atoms with Crippen molar-refractivity contribution in [3.05, 3.63) is 58.2 Å². The highest BCUT2D eigenvalue weighted by Crippen LogP contribution is 2.50. The van der Waals surface area contributed by atoms with Crippen LogP contribution in [0, 0.1) is 16.7 Å². The van der Waals surface area contributed by atoms with Crippen LogP contribution in [0.1, 0.15) is 108 Å². The lowest BCUT2D eigenvalue weighted by atomic mass is 9.69. The van der Waals surface area contributed by atoms with Gasteiger partial charge in [-0.25, -0.2) is 9.98 Å². The molecule has 1 aromatic carbocycles. The minimum atomic E-state index is -0.685. The van der Waals surface area contributed by atoms with Gasteiger partial charge in [0.1, 0.15) is 16.4 Å². The molecular formula is C35H46ClN7O3. The van der Waals surface area contributed by atoms with Crippen molar-refractivity contribution in [2.45, 2.75) is 91.8 Å². The summed E-state index contributed by atoms with van der Waals surface area (Å²) in [6.45, 7) is 14.1. The summed E-state index contributed by atoms with van der Waals surface area (Å²) in [6.07, 6.45) is 6.76. The third-order valence-corrected chi connectivity index (χ3v) is 9.69. The van der Waals surface area contributed by atoms with Gasteiger partial charge >= 0.3 is 0 Å². The number of aromatic nitrogens is 1. The first-order chi connectivity index (χ1) is 21.7. The third-order valence-electron chi connectivity index (χ3n) is 9.42. The standard InChI is InChI=1S/C35H46ClN7O3/c1-33(2,3)15-14-27(22-8-10-23(11-9-22)30(44)37-20-28-39-21-40-42-28)43-32(45)29(24-18-26(36)31(46-7)38-19-24)41-35(43)16-12-25(13-17-35)34(4,5)6/h8-11,18-19,25,27H,12-17,20-21H2,1-7H3,(H,37,44)/t25?,27-,35?/m1/s1. The van der Waals surface area contributed by atoms with Gasteiger partial charge in [0.15, 0.2) is 12.5 Å². The summed E-state index contributed by atoms with van der Waals surface area (Å²) in [6, 6.07) is 9.07. The van der Waals surface area contributed by atoms with Gasteiger partial charge in [-0.05, 0) is 79.0 Å². The van der Waals surface area contributed by atoms with E-state index in [-0.39, 0.29) is 35.2 Å². The topological polar surface area (TPSA) is 121 Å². The largest absolute Gasteiger partial charge is 0.480 e. The first kappa shape index (κ1) is 33.7. The van der Waals surface area contributed by atoms with Crippen LogP contribution in [0.3, 0.4) is 0 Å². The summed E-state index contributed by atoms with van der Waals surface area (Å²) >= 11 is 6.48. The average molecular weight is 648 g/mol. The van der Waals surface area contributed by atoms with E-state index < -0.39 is 5.66 Å². The Kier molecular flexibility index (Phi) is 9.68. The van der Waals surface area contributed by atoms with Crippen molar-refractivity contribution in [3.8, 4) is 5.88 Å². The van der Waals surface area contributed by atoms with Crippen molar-refractivity contribution < 1.29 is 14.3 Å². The number of nitrogens with one attached hydrogen (secondary N) is 1. The number of amides is 2. The van der Waals surface area contributed by atoms with Crippen LogP contribution in [0.25, 0.3) is 0 Å². The maximum atomic E-state index is 14.7. The summed E-state index contributed by atoms with van der Waals surface area (Å²) in [7, 11) is 1.52. The molecule has 1 aromatic heterocycles. The molecular weight excluding hydrogens is 602 g/mol. The molecule has 1 fully saturated rings. The maximum absolute atomic E-state index is 14.7. The Balaban J connectivity index is 1.50. The van der Waals surface area contributed by atoms with Crippen LogP contribution in [-0.4, -0.2) is 59.2 Å². The highest BCUT2D eigenvalue weighted by atomic mass is 35.5. The van der Waals surface area contributed by atoms with E-state index in [9.17, 15) is 9.59 Å². The van der Waals surface area contributed by atoms with E-state index in [0.29, 0.717) is 46.2 Å². The summed E-state index contributed by atoms with van der Waals surface area (Å²) < 4.78 is 5.27. The summed E-state index contributed by atoms with van der Waals surface area (Å²) in [5, 5.41) is 10.9. The second-order valence-electron chi connectivity index (χ2n) is 14.9. The van der Waals surface area contributed by atoms with Gasteiger partial charge in [0, 0.05) is 17.3 Å². The number of halogens is 1. The maximum Gasteiger partial charge on any atom is 0.275 e. The second kappa shape index (κ2) is 13.2. The number of azo groups is 1. The molecule has 2 amide bonds. The SMILES string of the molecule is COc1ncc(C2=NC3(CCC(C(C)(C)C)CC3)N([C@H](CCC(C)(C)C)c3ccc(C(=O)NCC4=NCN=N4)cc3)C2=O)cc1Cl. The minimum Gasteiger partial charge on any atom is -0.480 e. The van der Waals surface area contributed by atoms with Crippen molar-refractivity contribution in [2.24, 2.45) is 37.0 Å². The summed E-state index contributed by atoms with van der Waals surface area (Å²) in [4.78, 5) is 43.4. The van der Waals surface area contributed by atoms with Crippen LogP contribution in [0.4, 0.5) is 0 Å². The lowest BCUT2D eigenvalue weighted by Crippen LogP contribution is -2.51. The molecule has 0 unspecified atom stereocenters. The molecule has 2 aliphatic heterocycles. The smallest absolute Gasteiger partial charge is 0.275 e. The molecule has 11 heteroatoms. The second-order valence-corrected chi connectivity index (χ2v) is 15.3. The summed E-state index contributed by atoms with van der Waals surface area (Å²) in [5.41, 5.74) is 2.01. The highest BCUT2D eigenvalue weighted by molar-refractivity contribution is 6.47. The van der Waals surface area contributed by atoms with E-state index in [2.05, 4.69) is 67.1 Å². The first-order valence-electron chi connectivity index (χ1n) is 16.1. The van der Waals surface area contributed by atoms with Gasteiger partial charge < -0.3 is 15.0 Å². The Morgan fingerprint density at radius 3 is 2.39 bits per heavy atom. The normalized spacial score (nSPS) is 22.2. The van der Waals surface area contributed by atoms with Gasteiger partial charge in [-0.15, -0.1) is 5.11 Å². The lowest BCUT2D eigenvalue weighted by molar-refractivity contribution is -0.134. The zero-order valence-electron chi connectivity index (χ0n) is 28.1. The Bertz CT molecular complexity index is 1550. The van der Waals surface area contributed by atoms with E-state index >= 15 is 0 Å². The van der Waals surface area contributed by atoms with Crippen molar-refractivity contribution in [2.75, 3.05) is 20.3 Å². The number of hydrogen-bond acceptors (Lipinski definition) is 8. The molecule has 1 aliphatic carbocycles. The number of amidine groups is 1. The number of pyridine rings is 1. The van der Waals surface area contributed by atoms with Crippen molar-refractivity contribution in [1.82, 2.24) is 15.2 Å². The number of carbonyl (C=O) groups is 2. The predicted molar refractivity (Wildman–Crippen MR) is 181 cm³/mol. The Morgan fingerprint density at radius 1 is 1.13 bits per heavy atom. The van der Waals surface area contributed by atoms with E-state index in [1.54, 1.807) is 12.3 Å². The van der Waals surface area contributed by atoms with Gasteiger partial charge in [0.2, 0.25) is 5.88 Å². The van der Waals surface area contributed by atoms with E-state index in [1.807, 2.05) is 29.2 Å². The average Bonchev–Trinajstić information content (AvgIpc) is 3.62. The fourth-order valence-electron chi connectivity index (χ4n) is 6.72. The number of methoxy groups -OCH3 is 1. The molecule has 1 spiro atoms. The minimum absolute atomic E-state index is 0.0509. The molecule has 2 aromatic rings. The number of nitrogens with zero attached hydrogens (tertiary/aromatic N) is 6. The van der Waals surface area contributed by atoms with Gasteiger partial charge in [0.25, 0.3) is 11.8 Å². The highest BCUT2D eigenvalue weighted by Gasteiger charge is 2.53. The first-order valence-corrected chi connectivity index (χ1v) is 16.5.